The van der Waals surface area contributed by atoms with Crippen molar-refractivity contribution in [3.8, 4) is 0 Å². The van der Waals surface area contributed by atoms with Gasteiger partial charge in [-0.25, -0.2) is 0 Å². The molecule has 1 atom stereocenters. The lowest BCUT2D eigenvalue weighted by atomic mass is 10.0. The van der Waals surface area contributed by atoms with Gasteiger partial charge in [-0.1, -0.05) is 367 Å². The number of allylic oxidation sites excluding steroid dienone is 2. The highest BCUT2D eigenvalue weighted by molar-refractivity contribution is 5.71. The van der Waals surface area contributed by atoms with Gasteiger partial charge in [0, 0.05) is 19.3 Å². The van der Waals surface area contributed by atoms with Crippen LogP contribution in [0.2, 0.25) is 0 Å². The third kappa shape index (κ3) is 66.8. The summed E-state index contributed by atoms with van der Waals surface area (Å²) in [5, 5.41) is 0. The Kier molecular flexibility index (Phi) is 67.0. The van der Waals surface area contributed by atoms with Crippen LogP contribution in [0.4, 0.5) is 0 Å². The quantitative estimate of drug-likeness (QED) is 0.0261. The SMILES string of the molecule is CCCCCCCCCC/C=C\CCCCCCCCCCCCCCCCCCCCCCCC(=O)OCC(COC(=O)CCCCCCCCCCCCCCCC)OC(=O)CCCCCCCCCCCCCCCC. The van der Waals surface area contributed by atoms with Crippen LogP contribution in [0, 0.1) is 0 Å². The van der Waals surface area contributed by atoms with Gasteiger partial charge in [-0.2, -0.15) is 0 Å². The number of carbonyl (C=O) groups excluding carboxylic acids is 3. The second-order valence-corrected chi connectivity index (χ2v) is 24.9. The summed E-state index contributed by atoms with van der Waals surface area (Å²) in [6, 6.07) is 0. The van der Waals surface area contributed by atoms with Crippen molar-refractivity contribution in [2.75, 3.05) is 13.2 Å². The number of ether oxygens (including phenoxy) is 3. The molecule has 0 aromatic heterocycles. The van der Waals surface area contributed by atoms with Crippen LogP contribution in [0.5, 0.6) is 0 Å². The van der Waals surface area contributed by atoms with Crippen molar-refractivity contribution in [1.82, 2.24) is 0 Å². The molecule has 0 radical (unpaired) electrons. The Hall–Kier alpha value is -1.85. The standard InChI is InChI=1S/C73H140O6/c1-4-7-10-13-16-19-22-25-28-29-30-31-32-33-34-35-36-37-38-39-40-41-42-43-44-45-46-49-51-54-57-60-63-66-72(75)78-69-70(79-73(76)67-64-61-58-55-52-48-27-24-21-18-15-12-9-6-3)68-77-71(74)65-62-59-56-53-50-47-26-23-20-17-14-11-8-5-2/h29-30,70H,4-28,31-69H2,1-3H3/b30-29-. The van der Waals surface area contributed by atoms with E-state index in [9.17, 15) is 14.4 Å². The van der Waals surface area contributed by atoms with Gasteiger partial charge in [-0.15, -0.1) is 0 Å². The molecule has 0 saturated carbocycles. The van der Waals surface area contributed by atoms with E-state index in [1.807, 2.05) is 0 Å². The van der Waals surface area contributed by atoms with Crippen molar-refractivity contribution >= 4 is 17.9 Å². The predicted octanol–water partition coefficient (Wildman–Crippen LogP) is 24.8. The maximum atomic E-state index is 12.9. The number of hydrogen-bond donors (Lipinski definition) is 0. The largest absolute Gasteiger partial charge is 0.462 e. The van der Waals surface area contributed by atoms with Crippen LogP contribution in [0.1, 0.15) is 419 Å². The molecule has 0 aliphatic heterocycles. The van der Waals surface area contributed by atoms with E-state index in [0.29, 0.717) is 19.3 Å². The molecular weight excluding hydrogens is 973 g/mol. The molecule has 0 amide bonds. The molecule has 0 rings (SSSR count). The highest BCUT2D eigenvalue weighted by Crippen LogP contribution is 2.19. The molecule has 0 aromatic carbocycles. The first kappa shape index (κ1) is 77.2. The summed E-state index contributed by atoms with van der Waals surface area (Å²) in [4.78, 5) is 38.3. The maximum absolute atomic E-state index is 12.9. The van der Waals surface area contributed by atoms with Gasteiger partial charge in [0.25, 0.3) is 0 Å². The monoisotopic (exact) mass is 1110 g/mol. The number of unbranched alkanes of at least 4 members (excludes halogenated alkanes) is 55. The molecule has 0 spiro atoms. The Balaban J connectivity index is 4.05. The molecule has 0 aliphatic carbocycles. The third-order valence-electron chi connectivity index (χ3n) is 16.8. The van der Waals surface area contributed by atoms with E-state index in [2.05, 4.69) is 32.9 Å². The van der Waals surface area contributed by atoms with Gasteiger partial charge >= 0.3 is 17.9 Å². The molecular formula is C73H140O6. The summed E-state index contributed by atoms with van der Waals surface area (Å²) >= 11 is 0. The molecule has 6 heteroatoms. The molecule has 0 N–H and O–H groups in total. The third-order valence-corrected chi connectivity index (χ3v) is 16.8. The summed E-state index contributed by atoms with van der Waals surface area (Å²) in [5.41, 5.74) is 0. The Labute approximate surface area is 494 Å². The first-order valence-electron chi connectivity index (χ1n) is 36.2. The number of rotatable bonds is 68. The van der Waals surface area contributed by atoms with Gasteiger partial charge < -0.3 is 14.2 Å². The first-order chi connectivity index (χ1) is 39.0. The van der Waals surface area contributed by atoms with E-state index in [1.54, 1.807) is 0 Å². The molecule has 0 aromatic rings. The van der Waals surface area contributed by atoms with E-state index < -0.39 is 6.10 Å². The zero-order valence-electron chi connectivity index (χ0n) is 53.9. The summed E-state index contributed by atoms with van der Waals surface area (Å²) < 4.78 is 17.0. The van der Waals surface area contributed by atoms with E-state index in [1.165, 1.54) is 321 Å². The number of hydrogen-bond acceptors (Lipinski definition) is 6. The minimum Gasteiger partial charge on any atom is -0.462 e. The fraction of sp³-hybridized carbons (Fsp3) is 0.932. The molecule has 1 unspecified atom stereocenters. The maximum Gasteiger partial charge on any atom is 0.306 e. The lowest BCUT2D eigenvalue weighted by Gasteiger charge is -2.18. The normalized spacial score (nSPS) is 12.0. The van der Waals surface area contributed by atoms with Crippen molar-refractivity contribution in [3.63, 3.8) is 0 Å². The van der Waals surface area contributed by atoms with Gasteiger partial charge in [0.15, 0.2) is 6.10 Å². The second-order valence-electron chi connectivity index (χ2n) is 24.9. The minimum atomic E-state index is -0.764. The van der Waals surface area contributed by atoms with Gasteiger partial charge in [0.1, 0.15) is 13.2 Å². The average molecular weight is 1110 g/mol. The topological polar surface area (TPSA) is 78.9 Å². The van der Waals surface area contributed by atoms with Crippen LogP contribution < -0.4 is 0 Å². The van der Waals surface area contributed by atoms with Crippen molar-refractivity contribution in [2.24, 2.45) is 0 Å². The highest BCUT2D eigenvalue weighted by atomic mass is 16.6. The number of esters is 3. The minimum absolute atomic E-state index is 0.0617. The lowest BCUT2D eigenvalue weighted by Crippen LogP contribution is -2.30. The van der Waals surface area contributed by atoms with Gasteiger partial charge in [-0.3, -0.25) is 14.4 Å². The first-order valence-corrected chi connectivity index (χ1v) is 36.2. The average Bonchev–Trinajstić information content (AvgIpc) is 3.45. The fourth-order valence-electron chi connectivity index (χ4n) is 11.3. The van der Waals surface area contributed by atoms with Crippen molar-refractivity contribution < 1.29 is 28.6 Å². The molecule has 0 heterocycles. The van der Waals surface area contributed by atoms with Crippen LogP contribution in [-0.2, 0) is 28.6 Å². The van der Waals surface area contributed by atoms with Crippen LogP contribution in [0.15, 0.2) is 12.2 Å². The molecule has 79 heavy (non-hydrogen) atoms. The Bertz CT molecular complexity index is 1230. The van der Waals surface area contributed by atoms with Crippen molar-refractivity contribution in [1.29, 1.82) is 0 Å². The van der Waals surface area contributed by atoms with Crippen LogP contribution in [0.25, 0.3) is 0 Å². The van der Waals surface area contributed by atoms with E-state index in [0.717, 1.165) is 57.8 Å². The smallest absolute Gasteiger partial charge is 0.306 e. The van der Waals surface area contributed by atoms with Crippen LogP contribution >= 0.6 is 0 Å². The van der Waals surface area contributed by atoms with Crippen LogP contribution in [-0.4, -0.2) is 37.2 Å². The van der Waals surface area contributed by atoms with Gasteiger partial charge in [0.2, 0.25) is 0 Å². The molecule has 0 bridgehead atoms. The zero-order chi connectivity index (χ0) is 57.1. The molecule has 0 fully saturated rings. The highest BCUT2D eigenvalue weighted by Gasteiger charge is 2.20. The molecule has 0 aliphatic rings. The number of carbonyl (C=O) groups is 3. The molecule has 468 valence electrons. The summed E-state index contributed by atoms with van der Waals surface area (Å²) in [6.45, 7) is 6.72. The molecule has 0 saturated heterocycles. The molecule has 6 nitrogen and oxygen atoms in total. The van der Waals surface area contributed by atoms with Crippen LogP contribution in [0.3, 0.4) is 0 Å². The van der Waals surface area contributed by atoms with E-state index in [4.69, 9.17) is 14.2 Å². The Morgan fingerprint density at radius 2 is 0.418 bits per heavy atom. The summed E-state index contributed by atoms with van der Waals surface area (Å²) in [7, 11) is 0. The van der Waals surface area contributed by atoms with Crippen molar-refractivity contribution in [3.05, 3.63) is 12.2 Å². The van der Waals surface area contributed by atoms with Gasteiger partial charge in [-0.05, 0) is 44.9 Å². The second kappa shape index (κ2) is 68.6. The lowest BCUT2D eigenvalue weighted by molar-refractivity contribution is -0.167. The predicted molar refractivity (Wildman–Crippen MR) is 344 cm³/mol. The van der Waals surface area contributed by atoms with E-state index in [-0.39, 0.29) is 31.1 Å². The summed E-state index contributed by atoms with van der Waals surface area (Å²) in [5.74, 6) is -0.826. The van der Waals surface area contributed by atoms with Gasteiger partial charge in [0.05, 0.1) is 0 Å². The van der Waals surface area contributed by atoms with Crippen molar-refractivity contribution in [2.45, 2.75) is 425 Å². The zero-order valence-corrected chi connectivity index (χ0v) is 53.9. The summed E-state index contributed by atoms with van der Waals surface area (Å²) in [6.07, 6.45) is 82.6. The van der Waals surface area contributed by atoms with E-state index >= 15 is 0 Å². The fourth-order valence-corrected chi connectivity index (χ4v) is 11.3. The Morgan fingerprint density at radius 3 is 0.633 bits per heavy atom. The Morgan fingerprint density at radius 1 is 0.241 bits per heavy atom.